The number of rotatable bonds is 12. The van der Waals surface area contributed by atoms with Crippen LogP contribution in [0.25, 0.3) is 0 Å². The van der Waals surface area contributed by atoms with Crippen molar-refractivity contribution in [2.75, 3.05) is 32.8 Å². The molecule has 0 aliphatic rings. The number of phenolic OH excluding ortho intramolecular Hbond substituents is 2. The molecule has 5 N–H and O–H groups in total. The number of carbonyl (C=O) groups excluding carboxylic acids is 4. The molecule has 0 saturated carbocycles. The minimum atomic E-state index is -1.06. The predicted octanol–water partition coefficient (Wildman–Crippen LogP) is 0.0503. The predicted molar refractivity (Wildman–Crippen MR) is 160 cm³/mol. The van der Waals surface area contributed by atoms with Gasteiger partial charge in [-0.05, 0) is 33.8 Å². The molecule has 1 aromatic carbocycles. The first-order chi connectivity index (χ1) is 22.0. The van der Waals surface area contributed by atoms with Gasteiger partial charge < -0.3 is 40.0 Å². The fraction of sp³-hybridized carbons (Fsp3) is 0.429. The lowest BCUT2D eigenvalue weighted by Gasteiger charge is -2.23. The highest BCUT2D eigenvalue weighted by molar-refractivity contribution is 5.82. The normalized spacial score (nSPS) is 10.6. The summed E-state index contributed by atoms with van der Waals surface area (Å²) in [4.78, 5) is 87.1. The zero-order chi connectivity index (χ0) is 35.3. The Morgan fingerprint density at radius 2 is 1.77 bits per heavy atom. The molecule has 3 amide bonds. The Labute approximate surface area is 266 Å². The van der Waals surface area contributed by atoms with E-state index in [1.54, 1.807) is 27.7 Å². The van der Waals surface area contributed by atoms with Gasteiger partial charge in [0.05, 0.1) is 29.7 Å². The van der Waals surface area contributed by atoms with Crippen LogP contribution >= 0.6 is 0 Å². The van der Waals surface area contributed by atoms with Gasteiger partial charge in [0.2, 0.25) is 5.91 Å². The average molecular weight is 663 g/mol. The summed E-state index contributed by atoms with van der Waals surface area (Å²) < 4.78 is 15.7. The molecule has 2 aromatic rings. The average Bonchev–Trinajstić information content (AvgIpc) is 2.96. The standard InChI is InChI=1S/C28H34N6O13/c1-5-45-23(38)15-32(10-9-30-27(42)47-28(2,3)4)22(37)14-33-13-17(24(39)31-25(33)40)7-6-8-29-26(41)46-16-18-11-20(35)21(36)12-19(18)34(43)44/h11-13,35-36H,5,8-10,14-16H2,1-4H3,(H,29,41)(H,30,42)(H,31,39,40). The van der Waals surface area contributed by atoms with Crippen molar-refractivity contribution in [3.05, 3.63) is 60.4 Å². The molecule has 0 unspecified atom stereocenters. The number of aromatic nitrogens is 2. The second-order valence-electron chi connectivity index (χ2n) is 10.4. The molecule has 0 aliphatic carbocycles. The molecular formula is C28H34N6O13. The lowest BCUT2D eigenvalue weighted by molar-refractivity contribution is -0.385. The molecule has 0 bridgehead atoms. The fourth-order valence-electron chi connectivity index (χ4n) is 3.57. The Hall–Kier alpha value is -6.06. The van der Waals surface area contributed by atoms with Crippen LogP contribution in [0, 0.1) is 22.0 Å². The smallest absolute Gasteiger partial charge is 0.408 e. The number of benzene rings is 1. The summed E-state index contributed by atoms with van der Waals surface area (Å²) in [5.41, 5.74) is -3.66. The highest BCUT2D eigenvalue weighted by Gasteiger charge is 2.22. The first kappa shape index (κ1) is 37.1. The topological polar surface area (TPSA) is 262 Å². The largest absolute Gasteiger partial charge is 0.504 e. The molecule has 0 fully saturated rings. The number of H-pyrrole nitrogens is 1. The van der Waals surface area contributed by atoms with Crippen molar-refractivity contribution in [3.63, 3.8) is 0 Å². The van der Waals surface area contributed by atoms with Gasteiger partial charge >= 0.3 is 23.8 Å². The summed E-state index contributed by atoms with van der Waals surface area (Å²) in [7, 11) is 0. The van der Waals surface area contributed by atoms with Gasteiger partial charge in [-0.3, -0.25) is 34.0 Å². The number of amides is 3. The Morgan fingerprint density at radius 3 is 2.40 bits per heavy atom. The van der Waals surface area contributed by atoms with Crippen LogP contribution in [-0.4, -0.2) is 92.0 Å². The van der Waals surface area contributed by atoms with E-state index in [-0.39, 0.29) is 37.4 Å². The van der Waals surface area contributed by atoms with Crippen LogP contribution in [0.3, 0.4) is 0 Å². The number of aromatic hydroxyl groups is 2. The van der Waals surface area contributed by atoms with E-state index in [1.807, 2.05) is 4.98 Å². The van der Waals surface area contributed by atoms with E-state index in [0.717, 1.165) is 21.7 Å². The molecule has 0 saturated heterocycles. The van der Waals surface area contributed by atoms with Gasteiger partial charge in [0.1, 0.15) is 30.9 Å². The maximum absolute atomic E-state index is 13.1. The van der Waals surface area contributed by atoms with Gasteiger partial charge in [0.25, 0.3) is 11.2 Å². The van der Waals surface area contributed by atoms with Crippen LogP contribution in [0.1, 0.15) is 38.8 Å². The summed E-state index contributed by atoms with van der Waals surface area (Å²) in [5, 5.41) is 34.8. The van der Waals surface area contributed by atoms with Crippen LogP contribution < -0.4 is 21.9 Å². The van der Waals surface area contributed by atoms with E-state index in [4.69, 9.17) is 14.2 Å². The number of aromatic amines is 1. The number of nitro benzene ring substituents is 1. The van der Waals surface area contributed by atoms with Crippen LogP contribution in [0.2, 0.25) is 0 Å². The molecule has 19 nitrogen and oxygen atoms in total. The van der Waals surface area contributed by atoms with Crippen molar-refractivity contribution >= 4 is 29.8 Å². The highest BCUT2D eigenvalue weighted by Crippen LogP contribution is 2.33. The van der Waals surface area contributed by atoms with Gasteiger partial charge in [-0.15, -0.1) is 0 Å². The van der Waals surface area contributed by atoms with Crippen LogP contribution in [0.5, 0.6) is 11.5 Å². The number of nitro groups is 1. The molecule has 254 valence electrons. The molecular weight excluding hydrogens is 628 g/mol. The number of alkyl carbamates (subject to hydrolysis) is 2. The third kappa shape index (κ3) is 12.5. The van der Waals surface area contributed by atoms with Crippen molar-refractivity contribution in [2.45, 2.75) is 46.4 Å². The molecule has 19 heteroatoms. The number of ether oxygens (including phenoxy) is 3. The van der Waals surface area contributed by atoms with Gasteiger partial charge in [0, 0.05) is 19.3 Å². The molecule has 0 radical (unpaired) electrons. The van der Waals surface area contributed by atoms with Crippen molar-refractivity contribution in [1.82, 2.24) is 25.1 Å². The summed E-state index contributed by atoms with van der Waals surface area (Å²) in [6.07, 6.45) is -0.804. The SMILES string of the molecule is CCOC(=O)CN(CCNC(=O)OC(C)(C)C)C(=O)Cn1cc(C#CCNC(=O)OCc2cc(O)c(O)cc2[N+](=O)[O-])c(=O)[nH]c1=O. The summed E-state index contributed by atoms with van der Waals surface area (Å²) in [5.74, 6) is 2.03. The van der Waals surface area contributed by atoms with Gasteiger partial charge in [-0.2, -0.15) is 0 Å². The summed E-state index contributed by atoms with van der Waals surface area (Å²) in [6.45, 7) is 4.26. The monoisotopic (exact) mass is 662 g/mol. The van der Waals surface area contributed by atoms with Crippen molar-refractivity contribution in [2.24, 2.45) is 0 Å². The van der Waals surface area contributed by atoms with E-state index in [9.17, 15) is 49.1 Å². The zero-order valence-corrected chi connectivity index (χ0v) is 25.9. The Kier molecular flexibility index (Phi) is 13.3. The van der Waals surface area contributed by atoms with E-state index < -0.39 is 82.7 Å². The Balaban J connectivity index is 2.07. The molecule has 0 spiro atoms. The first-order valence-corrected chi connectivity index (χ1v) is 13.8. The second kappa shape index (κ2) is 16.9. The van der Waals surface area contributed by atoms with Crippen molar-refractivity contribution < 1.29 is 48.5 Å². The van der Waals surface area contributed by atoms with E-state index in [1.165, 1.54) is 0 Å². The summed E-state index contributed by atoms with van der Waals surface area (Å²) in [6, 6.07) is 1.56. The number of nitrogens with zero attached hydrogens (tertiary/aromatic N) is 3. The minimum Gasteiger partial charge on any atom is -0.504 e. The van der Waals surface area contributed by atoms with Crippen molar-refractivity contribution in [1.29, 1.82) is 0 Å². The third-order valence-corrected chi connectivity index (χ3v) is 5.62. The number of hydrogen-bond donors (Lipinski definition) is 5. The number of hydrogen-bond acceptors (Lipinski definition) is 13. The first-order valence-electron chi connectivity index (χ1n) is 13.8. The highest BCUT2D eigenvalue weighted by atomic mass is 16.6. The molecule has 0 atom stereocenters. The van der Waals surface area contributed by atoms with Gasteiger partial charge in [0.15, 0.2) is 11.5 Å². The van der Waals surface area contributed by atoms with Crippen molar-refractivity contribution in [3.8, 4) is 23.3 Å². The van der Waals surface area contributed by atoms with Gasteiger partial charge in [-0.25, -0.2) is 14.4 Å². The van der Waals surface area contributed by atoms with E-state index >= 15 is 0 Å². The second-order valence-corrected chi connectivity index (χ2v) is 10.4. The number of esters is 1. The number of carbonyl (C=O) groups is 4. The molecule has 1 aromatic heterocycles. The summed E-state index contributed by atoms with van der Waals surface area (Å²) >= 11 is 0. The van der Waals surface area contributed by atoms with E-state index in [0.29, 0.717) is 6.07 Å². The maximum Gasteiger partial charge on any atom is 0.408 e. The quantitative estimate of drug-likeness (QED) is 0.0503. The number of phenols is 2. The Bertz CT molecular complexity index is 1680. The van der Waals surface area contributed by atoms with Crippen LogP contribution in [0.4, 0.5) is 15.3 Å². The van der Waals surface area contributed by atoms with Crippen LogP contribution in [0.15, 0.2) is 27.9 Å². The van der Waals surface area contributed by atoms with E-state index in [2.05, 4.69) is 22.5 Å². The van der Waals surface area contributed by atoms with Gasteiger partial charge in [-0.1, -0.05) is 11.8 Å². The zero-order valence-electron chi connectivity index (χ0n) is 25.9. The van der Waals surface area contributed by atoms with Crippen LogP contribution in [-0.2, 0) is 37.0 Å². The fourth-order valence-corrected chi connectivity index (χ4v) is 3.57. The lowest BCUT2D eigenvalue weighted by Crippen LogP contribution is -2.45. The molecule has 0 aliphatic heterocycles. The maximum atomic E-state index is 13.1. The molecule has 2 rings (SSSR count). The molecule has 47 heavy (non-hydrogen) atoms. The lowest BCUT2D eigenvalue weighted by atomic mass is 10.1. The Morgan fingerprint density at radius 1 is 1.09 bits per heavy atom. The third-order valence-electron chi connectivity index (χ3n) is 5.62. The number of nitrogens with one attached hydrogen (secondary N) is 3. The molecule has 1 heterocycles. The minimum absolute atomic E-state index is 0.0521.